The van der Waals surface area contributed by atoms with Crippen molar-refractivity contribution in [1.82, 2.24) is 19.8 Å². The van der Waals surface area contributed by atoms with E-state index in [-0.39, 0.29) is 11.8 Å². The predicted molar refractivity (Wildman–Crippen MR) is 140 cm³/mol. The average molecular weight is 479 g/mol. The Labute approximate surface area is 208 Å². The van der Waals surface area contributed by atoms with Crippen LogP contribution in [0.5, 0.6) is 5.75 Å². The number of hydrogen-bond acceptors (Lipinski definition) is 4. The van der Waals surface area contributed by atoms with Crippen molar-refractivity contribution in [2.75, 3.05) is 26.7 Å². The van der Waals surface area contributed by atoms with E-state index in [2.05, 4.69) is 23.7 Å². The maximum atomic E-state index is 13.0. The largest absolute Gasteiger partial charge is 0.497 e. The molecule has 2 amide bonds. The smallest absolute Gasteiger partial charge is 0.251 e. The third kappa shape index (κ3) is 7.31. The van der Waals surface area contributed by atoms with E-state index >= 15 is 0 Å². The van der Waals surface area contributed by atoms with Crippen LogP contribution in [0.15, 0.2) is 48.5 Å². The van der Waals surface area contributed by atoms with Gasteiger partial charge in [0.15, 0.2) is 0 Å². The van der Waals surface area contributed by atoms with Crippen molar-refractivity contribution in [2.24, 2.45) is 0 Å². The van der Waals surface area contributed by atoms with E-state index in [1.807, 2.05) is 29.2 Å². The first-order valence-electron chi connectivity index (χ1n) is 12.7. The van der Waals surface area contributed by atoms with Crippen LogP contribution in [-0.4, -0.2) is 53.0 Å². The molecule has 0 spiro atoms. The molecule has 0 aliphatic heterocycles. The van der Waals surface area contributed by atoms with Gasteiger partial charge in [0.2, 0.25) is 5.91 Å². The van der Waals surface area contributed by atoms with Gasteiger partial charge in [0.05, 0.1) is 18.1 Å². The number of aryl methyl sites for hydroxylation is 1. The molecule has 35 heavy (non-hydrogen) atoms. The van der Waals surface area contributed by atoms with Crippen LogP contribution >= 0.6 is 0 Å². The number of ether oxygens (including phenoxy) is 1. The first-order valence-corrected chi connectivity index (χ1v) is 12.7. The van der Waals surface area contributed by atoms with E-state index in [1.54, 1.807) is 31.4 Å². The molecule has 0 fully saturated rings. The van der Waals surface area contributed by atoms with Crippen LogP contribution in [-0.2, 0) is 17.8 Å². The molecule has 1 N–H and O–H groups in total. The van der Waals surface area contributed by atoms with Crippen molar-refractivity contribution in [2.45, 2.75) is 58.9 Å². The van der Waals surface area contributed by atoms with Gasteiger partial charge in [0, 0.05) is 31.6 Å². The highest BCUT2D eigenvalue weighted by Crippen LogP contribution is 2.18. The van der Waals surface area contributed by atoms with Gasteiger partial charge in [-0.25, -0.2) is 4.98 Å². The van der Waals surface area contributed by atoms with E-state index in [1.165, 1.54) is 0 Å². The van der Waals surface area contributed by atoms with Gasteiger partial charge in [-0.05, 0) is 62.1 Å². The summed E-state index contributed by atoms with van der Waals surface area (Å²) in [6.45, 7) is 6.74. The second kappa shape index (κ2) is 13.5. The number of fused-ring (bicyclic) bond motifs is 1. The number of carbonyl (C=O) groups excluding carboxylic acids is 2. The van der Waals surface area contributed by atoms with Crippen molar-refractivity contribution in [3.63, 3.8) is 0 Å². The Morgan fingerprint density at radius 1 is 0.971 bits per heavy atom. The first-order chi connectivity index (χ1) is 17.1. The summed E-state index contributed by atoms with van der Waals surface area (Å²) < 4.78 is 7.22. The molecule has 0 aliphatic rings. The van der Waals surface area contributed by atoms with Gasteiger partial charge >= 0.3 is 0 Å². The van der Waals surface area contributed by atoms with E-state index < -0.39 is 0 Å². The lowest BCUT2D eigenvalue weighted by atomic mass is 10.1. The Bertz CT molecular complexity index is 1090. The summed E-state index contributed by atoms with van der Waals surface area (Å²) in [6.07, 6.45) is 5.52. The molecule has 3 rings (SSSR count). The highest BCUT2D eigenvalue weighted by molar-refractivity contribution is 5.94. The minimum absolute atomic E-state index is 0.0725. The Morgan fingerprint density at radius 3 is 2.37 bits per heavy atom. The van der Waals surface area contributed by atoms with Gasteiger partial charge < -0.3 is 19.5 Å². The Balaban J connectivity index is 1.53. The number of imidazole rings is 1. The molecule has 7 heteroatoms. The summed E-state index contributed by atoms with van der Waals surface area (Å²) in [4.78, 5) is 32.1. The zero-order valence-corrected chi connectivity index (χ0v) is 21.3. The second-order valence-corrected chi connectivity index (χ2v) is 8.78. The number of carbonyl (C=O) groups is 2. The third-order valence-electron chi connectivity index (χ3n) is 6.08. The van der Waals surface area contributed by atoms with Gasteiger partial charge in [0.25, 0.3) is 5.91 Å². The summed E-state index contributed by atoms with van der Waals surface area (Å²) in [5, 5.41) is 2.98. The van der Waals surface area contributed by atoms with E-state index in [0.29, 0.717) is 18.7 Å². The summed E-state index contributed by atoms with van der Waals surface area (Å²) in [5.41, 5.74) is 2.57. The molecule has 0 radical (unpaired) electrons. The van der Waals surface area contributed by atoms with E-state index in [0.717, 1.165) is 74.2 Å². The van der Waals surface area contributed by atoms with E-state index in [4.69, 9.17) is 9.72 Å². The fourth-order valence-corrected chi connectivity index (χ4v) is 4.26. The van der Waals surface area contributed by atoms with Crippen LogP contribution in [0.25, 0.3) is 11.0 Å². The lowest BCUT2D eigenvalue weighted by molar-refractivity contribution is -0.131. The minimum atomic E-state index is -0.0725. The molecule has 7 nitrogen and oxygen atoms in total. The fourth-order valence-electron chi connectivity index (χ4n) is 4.26. The van der Waals surface area contributed by atoms with Crippen LogP contribution in [0.3, 0.4) is 0 Å². The number of methoxy groups -OCH3 is 1. The average Bonchev–Trinajstić information content (AvgIpc) is 3.22. The molecular weight excluding hydrogens is 440 g/mol. The number of hydrogen-bond donors (Lipinski definition) is 1. The minimum Gasteiger partial charge on any atom is -0.497 e. The highest BCUT2D eigenvalue weighted by Gasteiger charge is 2.17. The molecule has 0 unspecified atom stereocenters. The topological polar surface area (TPSA) is 76.5 Å². The summed E-state index contributed by atoms with van der Waals surface area (Å²) in [7, 11) is 1.61. The predicted octanol–water partition coefficient (Wildman–Crippen LogP) is 4.84. The van der Waals surface area contributed by atoms with Crippen molar-refractivity contribution < 1.29 is 14.3 Å². The molecule has 3 aromatic rings. The number of unbranched alkanes of at least 4 members (excludes halogenated alkanes) is 2. The Hall–Kier alpha value is -3.35. The van der Waals surface area contributed by atoms with Gasteiger partial charge in [-0.1, -0.05) is 32.4 Å². The normalized spacial score (nSPS) is 10.9. The van der Waals surface area contributed by atoms with E-state index in [9.17, 15) is 9.59 Å². The molecule has 1 heterocycles. The molecule has 0 saturated heterocycles. The third-order valence-corrected chi connectivity index (χ3v) is 6.08. The molecule has 2 aromatic carbocycles. The van der Waals surface area contributed by atoms with Crippen molar-refractivity contribution >= 4 is 22.8 Å². The lowest BCUT2D eigenvalue weighted by Crippen LogP contribution is -2.35. The second-order valence-electron chi connectivity index (χ2n) is 8.78. The van der Waals surface area contributed by atoms with Crippen LogP contribution in [0, 0.1) is 0 Å². The molecule has 0 saturated carbocycles. The summed E-state index contributed by atoms with van der Waals surface area (Å²) in [6, 6.07) is 15.1. The zero-order chi connectivity index (χ0) is 25.0. The molecule has 0 bridgehead atoms. The van der Waals surface area contributed by atoms with Crippen LogP contribution in [0.1, 0.15) is 62.1 Å². The highest BCUT2D eigenvalue weighted by atomic mass is 16.5. The first kappa shape index (κ1) is 26.3. The summed E-state index contributed by atoms with van der Waals surface area (Å²) >= 11 is 0. The Morgan fingerprint density at radius 2 is 1.69 bits per heavy atom. The maximum absolute atomic E-state index is 13.0. The van der Waals surface area contributed by atoms with Gasteiger partial charge in [-0.2, -0.15) is 0 Å². The number of aromatic nitrogens is 2. The van der Waals surface area contributed by atoms with Crippen molar-refractivity contribution in [3.05, 3.63) is 59.9 Å². The fraction of sp³-hybridized carbons (Fsp3) is 0.464. The number of benzene rings is 2. The molecular formula is C28H38N4O3. The number of para-hydroxylation sites is 2. The van der Waals surface area contributed by atoms with Crippen LogP contribution in [0.2, 0.25) is 0 Å². The Kier molecular flexibility index (Phi) is 10.1. The van der Waals surface area contributed by atoms with Crippen LogP contribution < -0.4 is 10.1 Å². The molecule has 1 aromatic heterocycles. The van der Waals surface area contributed by atoms with Gasteiger partial charge in [-0.15, -0.1) is 0 Å². The van der Waals surface area contributed by atoms with Gasteiger partial charge in [0.1, 0.15) is 18.1 Å². The maximum Gasteiger partial charge on any atom is 0.251 e. The lowest BCUT2D eigenvalue weighted by Gasteiger charge is -2.22. The van der Waals surface area contributed by atoms with Gasteiger partial charge in [-0.3, -0.25) is 9.59 Å². The quantitative estimate of drug-likeness (QED) is 0.337. The number of nitrogens with zero attached hydrogens (tertiary/aromatic N) is 3. The SMILES string of the molecule is CCCN(CCC)C(=O)Cn1c(CCCCCNC(=O)c2ccc(OC)cc2)nc2ccccc21. The van der Waals surface area contributed by atoms with Crippen molar-refractivity contribution in [1.29, 1.82) is 0 Å². The monoisotopic (exact) mass is 478 g/mol. The zero-order valence-electron chi connectivity index (χ0n) is 21.3. The van der Waals surface area contributed by atoms with Crippen molar-refractivity contribution in [3.8, 4) is 5.75 Å². The number of amides is 2. The standard InChI is InChI=1S/C28H38N4O3/c1-4-19-31(20-5-2)27(33)21-32-25-12-9-8-11-24(25)30-26(32)13-7-6-10-18-29-28(34)22-14-16-23(35-3)17-15-22/h8-9,11-12,14-17H,4-7,10,13,18-21H2,1-3H3,(H,29,34). The van der Waals surface area contributed by atoms with Crippen LogP contribution in [0.4, 0.5) is 0 Å². The number of rotatable bonds is 14. The molecule has 0 atom stereocenters. The summed E-state index contributed by atoms with van der Waals surface area (Å²) in [5.74, 6) is 1.77. The molecule has 0 aliphatic carbocycles. The number of nitrogens with one attached hydrogen (secondary N) is 1. The molecule has 188 valence electrons.